The fourth-order valence-corrected chi connectivity index (χ4v) is 4.73. The number of guanidine groups is 1. The number of aliphatic imine (C=N–C) groups is 1. The molecular weight excluding hydrogens is 400 g/mol. The fourth-order valence-electron chi connectivity index (χ4n) is 2.95. The van der Waals surface area contributed by atoms with Gasteiger partial charge in [0.15, 0.2) is 5.96 Å². The van der Waals surface area contributed by atoms with Crippen LogP contribution in [0.1, 0.15) is 18.4 Å². The van der Waals surface area contributed by atoms with Crippen LogP contribution in [0.25, 0.3) is 0 Å². The van der Waals surface area contributed by atoms with Gasteiger partial charge in [0.25, 0.3) is 0 Å². The van der Waals surface area contributed by atoms with Crippen LogP contribution in [0, 0.1) is 0 Å². The molecule has 2 aromatic carbocycles. The minimum Gasteiger partial charge on any atom is -0.495 e. The zero-order valence-corrected chi connectivity index (χ0v) is 17.1. The number of anilines is 1. The van der Waals surface area contributed by atoms with Crippen LogP contribution in [0.5, 0.6) is 5.75 Å². The number of nitrogens with two attached hydrogens (primary N) is 1. The SMILES string of the molecule is COc1ccc(NC(N)=NCc2ccc(S(=O)(=O)N3CCCC3)cc2)cc1Cl. The normalized spacial score (nSPS) is 15.6. The lowest BCUT2D eigenvalue weighted by molar-refractivity contribution is 0.415. The van der Waals surface area contributed by atoms with Crippen LogP contribution in [0.15, 0.2) is 52.4 Å². The molecule has 150 valence electrons. The molecule has 9 heteroatoms. The molecule has 7 nitrogen and oxygen atoms in total. The van der Waals surface area contributed by atoms with E-state index in [1.807, 2.05) is 0 Å². The van der Waals surface area contributed by atoms with E-state index in [2.05, 4.69) is 10.3 Å². The Morgan fingerprint density at radius 3 is 2.50 bits per heavy atom. The van der Waals surface area contributed by atoms with Gasteiger partial charge in [-0.05, 0) is 48.7 Å². The molecule has 0 bridgehead atoms. The molecule has 28 heavy (non-hydrogen) atoms. The van der Waals surface area contributed by atoms with Gasteiger partial charge in [-0.1, -0.05) is 23.7 Å². The first-order valence-corrected chi connectivity index (χ1v) is 10.7. The third kappa shape index (κ3) is 4.76. The van der Waals surface area contributed by atoms with E-state index < -0.39 is 10.0 Å². The Labute approximate surface area is 170 Å². The molecule has 0 saturated carbocycles. The van der Waals surface area contributed by atoms with Crippen molar-refractivity contribution in [1.82, 2.24) is 4.31 Å². The Kier molecular flexibility index (Phi) is 6.43. The van der Waals surface area contributed by atoms with Gasteiger partial charge < -0.3 is 15.8 Å². The van der Waals surface area contributed by atoms with Crippen molar-refractivity contribution in [3.63, 3.8) is 0 Å². The zero-order valence-electron chi connectivity index (χ0n) is 15.6. The van der Waals surface area contributed by atoms with Crippen molar-refractivity contribution in [3.05, 3.63) is 53.1 Å². The molecule has 0 radical (unpaired) electrons. The highest BCUT2D eigenvalue weighted by atomic mass is 35.5. The summed E-state index contributed by atoms with van der Waals surface area (Å²) in [6.45, 7) is 1.50. The van der Waals surface area contributed by atoms with E-state index in [-0.39, 0.29) is 5.96 Å². The third-order valence-electron chi connectivity index (χ3n) is 4.48. The highest BCUT2D eigenvalue weighted by Crippen LogP contribution is 2.27. The lowest BCUT2D eigenvalue weighted by Crippen LogP contribution is -2.27. The quantitative estimate of drug-likeness (QED) is 0.550. The number of hydrogen-bond donors (Lipinski definition) is 2. The van der Waals surface area contributed by atoms with Gasteiger partial charge in [0.2, 0.25) is 10.0 Å². The van der Waals surface area contributed by atoms with E-state index in [0.29, 0.717) is 41.0 Å². The van der Waals surface area contributed by atoms with Crippen LogP contribution in [0.4, 0.5) is 5.69 Å². The second-order valence-electron chi connectivity index (χ2n) is 6.43. The van der Waals surface area contributed by atoms with Crippen LogP contribution < -0.4 is 15.8 Å². The Morgan fingerprint density at radius 1 is 1.21 bits per heavy atom. The van der Waals surface area contributed by atoms with Crippen molar-refractivity contribution in [2.45, 2.75) is 24.3 Å². The van der Waals surface area contributed by atoms with Crippen LogP contribution in [-0.2, 0) is 16.6 Å². The second kappa shape index (κ2) is 8.81. The van der Waals surface area contributed by atoms with Crippen LogP contribution in [-0.4, -0.2) is 38.9 Å². The van der Waals surface area contributed by atoms with Gasteiger partial charge in [-0.2, -0.15) is 4.31 Å². The van der Waals surface area contributed by atoms with E-state index in [0.717, 1.165) is 18.4 Å². The van der Waals surface area contributed by atoms with Crippen molar-refractivity contribution < 1.29 is 13.2 Å². The van der Waals surface area contributed by atoms with E-state index in [4.69, 9.17) is 22.1 Å². The third-order valence-corrected chi connectivity index (χ3v) is 6.69. The van der Waals surface area contributed by atoms with Crippen LogP contribution >= 0.6 is 11.6 Å². The summed E-state index contributed by atoms with van der Waals surface area (Å²) >= 11 is 6.09. The molecule has 1 heterocycles. The molecule has 0 atom stereocenters. The molecule has 3 N–H and O–H groups in total. The van der Waals surface area contributed by atoms with Crippen molar-refractivity contribution in [2.24, 2.45) is 10.7 Å². The number of benzene rings is 2. The number of nitrogens with zero attached hydrogens (tertiary/aromatic N) is 2. The molecule has 0 amide bonds. The topological polar surface area (TPSA) is 97.0 Å². The first kappa shape index (κ1) is 20.4. The van der Waals surface area contributed by atoms with E-state index >= 15 is 0 Å². The highest BCUT2D eigenvalue weighted by molar-refractivity contribution is 7.89. The summed E-state index contributed by atoms with van der Waals surface area (Å²) in [5, 5.41) is 3.43. The van der Waals surface area contributed by atoms with Crippen molar-refractivity contribution >= 4 is 33.3 Å². The summed E-state index contributed by atoms with van der Waals surface area (Å²) in [5.41, 5.74) is 7.47. The summed E-state index contributed by atoms with van der Waals surface area (Å²) in [4.78, 5) is 4.59. The smallest absolute Gasteiger partial charge is 0.243 e. The maximum Gasteiger partial charge on any atom is 0.243 e. The molecule has 0 unspecified atom stereocenters. The standard InChI is InChI=1S/C19H23ClN4O3S/c1-27-18-9-6-15(12-17(18)20)23-19(21)22-13-14-4-7-16(8-5-14)28(25,26)24-10-2-3-11-24/h4-9,12H,2-3,10-11,13H2,1H3,(H3,21,22,23). The van der Waals surface area contributed by atoms with Gasteiger partial charge in [0, 0.05) is 18.8 Å². The Bertz CT molecular complexity index is 956. The number of halogens is 1. The van der Waals surface area contributed by atoms with Gasteiger partial charge in [-0.25, -0.2) is 13.4 Å². The van der Waals surface area contributed by atoms with Gasteiger partial charge >= 0.3 is 0 Å². The Balaban J connectivity index is 1.63. The largest absolute Gasteiger partial charge is 0.495 e. The summed E-state index contributed by atoms with van der Waals surface area (Å²) in [5.74, 6) is 0.807. The minimum absolute atomic E-state index is 0.231. The zero-order chi connectivity index (χ0) is 20.1. The summed E-state index contributed by atoms with van der Waals surface area (Å²) in [7, 11) is -1.85. The maximum absolute atomic E-state index is 12.5. The minimum atomic E-state index is -3.40. The van der Waals surface area contributed by atoms with Crippen molar-refractivity contribution in [3.8, 4) is 5.75 Å². The summed E-state index contributed by atoms with van der Waals surface area (Å²) in [6, 6.07) is 12.0. The maximum atomic E-state index is 12.5. The summed E-state index contributed by atoms with van der Waals surface area (Å²) in [6.07, 6.45) is 1.83. The molecule has 1 saturated heterocycles. The number of hydrogen-bond acceptors (Lipinski definition) is 4. The van der Waals surface area contributed by atoms with Gasteiger partial charge in [-0.15, -0.1) is 0 Å². The number of nitrogens with one attached hydrogen (secondary N) is 1. The summed E-state index contributed by atoms with van der Waals surface area (Å²) < 4.78 is 31.7. The second-order valence-corrected chi connectivity index (χ2v) is 8.78. The molecule has 3 rings (SSSR count). The first-order valence-electron chi connectivity index (χ1n) is 8.90. The first-order chi connectivity index (χ1) is 13.4. The Morgan fingerprint density at radius 2 is 1.89 bits per heavy atom. The average molecular weight is 423 g/mol. The molecule has 0 spiro atoms. The fraction of sp³-hybridized carbons (Fsp3) is 0.316. The Hall–Kier alpha value is -2.29. The van der Waals surface area contributed by atoms with Gasteiger partial charge in [-0.3, -0.25) is 0 Å². The molecule has 2 aromatic rings. The molecule has 1 aliphatic rings. The predicted molar refractivity (Wildman–Crippen MR) is 111 cm³/mol. The van der Waals surface area contributed by atoms with E-state index in [1.54, 1.807) is 49.6 Å². The van der Waals surface area contributed by atoms with E-state index in [9.17, 15) is 8.42 Å². The molecule has 1 aliphatic heterocycles. The van der Waals surface area contributed by atoms with E-state index in [1.165, 1.54) is 4.31 Å². The molecule has 1 fully saturated rings. The van der Waals surface area contributed by atoms with Crippen LogP contribution in [0.2, 0.25) is 5.02 Å². The van der Waals surface area contributed by atoms with Crippen molar-refractivity contribution in [1.29, 1.82) is 0 Å². The van der Waals surface area contributed by atoms with Gasteiger partial charge in [0.1, 0.15) is 5.75 Å². The molecular formula is C19H23ClN4O3S. The molecule has 0 aromatic heterocycles. The van der Waals surface area contributed by atoms with Gasteiger partial charge in [0.05, 0.1) is 23.6 Å². The average Bonchev–Trinajstić information content (AvgIpc) is 3.23. The predicted octanol–water partition coefficient (Wildman–Crippen LogP) is 3.06. The van der Waals surface area contributed by atoms with Crippen LogP contribution in [0.3, 0.4) is 0 Å². The number of sulfonamides is 1. The van der Waals surface area contributed by atoms with Crippen molar-refractivity contribution in [2.75, 3.05) is 25.5 Å². The number of rotatable bonds is 6. The number of methoxy groups -OCH3 is 1. The molecule has 0 aliphatic carbocycles. The highest BCUT2D eigenvalue weighted by Gasteiger charge is 2.26. The lowest BCUT2D eigenvalue weighted by Gasteiger charge is -2.15. The lowest BCUT2D eigenvalue weighted by atomic mass is 10.2. The number of ether oxygens (including phenoxy) is 1. The monoisotopic (exact) mass is 422 g/mol.